The zero-order valence-electron chi connectivity index (χ0n) is 10.2. The molecule has 1 N–H and O–H groups in total. The van der Waals surface area contributed by atoms with Gasteiger partial charge in [-0.3, -0.25) is 4.79 Å². The molecular formula is C13H23NO2. The van der Waals surface area contributed by atoms with E-state index in [1.807, 2.05) is 4.90 Å². The molecule has 0 heterocycles. The zero-order chi connectivity index (χ0) is 11.6. The SMILES string of the molecule is CC1(C(=O)N(CCO)C2CC2)CCCCC1. The van der Waals surface area contributed by atoms with Crippen LogP contribution in [0.15, 0.2) is 0 Å². The molecule has 0 radical (unpaired) electrons. The number of hydrogen-bond donors (Lipinski definition) is 1. The molecule has 2 rings (SSSR count). The third kappa shape index (κ3) is 2.40. The average Bonchev–Trinajstić information content (AvgIpc) is 3.10. The highest BCUT2D eigenvalue weighted by atomic mass is 16.3. The van der Waals surface area contributed by atoms with E-state index >= 15 is 0 Å². The fraction of sp³-hybridized carbons (Fsp3) is 0.923. The Hall–Kier alpha value is -0.570. The van der Waals surface area contributed by atoms with Crippen LogP contribution in [-0.2, 0) is 4.79 Å². The number of nitrogens with zero attached hydrogens (tertiary/aromatic N) is 1. The molecule has 2 aliphatic carbocycles. The molecule has 1 amide bonds. The number of carbonyl (C=O) groups is 1. The standard InChI is InChI=1S/C13H23NO2/c1-13(7-3-2-4-8-13)12(16)14(9-10-15)11-5-6-11/h11,15H,2-10H2,1H3. The lowest BCUT2D eigenvalue weighted by atomic mass is 9.74. The second-order valence-corrected chi connectivity index (χ2v) is 5.57. The number of carbonyl (C=O) groups excluding carboxylic acids is 1. The first-order chi connectivity index (χ1) is 7.67. The summed E-state index contributed by atoms with van der Waals surface area (Å²) in [6.45, 7) is 2.73. The Bertz CT molecular complexity index is 255. The van der Waals surface area contributed by atoms with Gasteiger partial charge in [-0.2, -0.15) is 0 Å². The van der Waals surface area contributed by atoms with Crippen molar-refractivity contribution in [3.8, 4) is 0 Å². The molecule has 0 bridgehead atoms. The smallest absolute Gasteiger partial charge is 0.228 e. The minimum Gasteiger partial charge on any atom is -0.395 e. The monoisotopic (exact) mass is 225 g/mol. The maximum absolute atomic E-state index is 12.5. The van der Waals surface area contributed by atoms with Crippen molar-refractivity contribution in [1.82, 2.24) is 4.90 Å². The largest absolute Gasteiger partial charge is 0.395 e. The Balaban J connectivity index is 2.02. The highest BCUT2D eigenvalue weighted by Crippen LogP contribution is 2.40. The molecule has 0 unspecified atom stereocenters. The van der Waals surface area contributed by atoms with Gasteiger partial charge in [0.1, 0.15) is 0 Å². The van der Waals surface area contributed by atoms with Gasteiger partial charge in [0, 0.05) is 18.0 Å². The first-order valence-corrected chi connectivity index (χ1v) is 6.59. The minimum absolute atomic E-state index is 0.0956. The number of aliphatic hydroxyl groups excluding tert-OH is 1. The fourth-order valence-electron chi connectivity index (χ4n) is 2.84. The summed E-state index contributed by atoms with van der Waals surface area (Å²) in [7, 11) is 0. The maximum Gasteiger partial charge on any atom is 0.228 e. The first kappa shape index (κ1) is 11.9. The zero-order valence-corrected chi connectivity index (χ0v) is 10.2. The van der Waals surface area contributed by atoms with Crippen molar-refractivity contribution in [3.05, 3.63) is 0 Å². The Morgan fingerprint density at radius 1 is 1.31 bits per heavy atom. The molecule has 2 fully saturated rings. The van der Waals surface area contributed by atoms with Crippen LogP contribution in [0.25, 0.3) is 0 Å². The van der Waals surface area contributed by atoms with Gasteiger partial charge in [0.05, 0.1) is 6.61 Å². The van der Waals surface area contributed by atoms with E-state index < -0.39 is 0 Å². The number of rotatable bonds is 4. The van der Waals surface area contributed by atoms with Crippen molar-refractivity contribution in [2.75, 3.05) is 13.2 Å². The molecule has 0 spiro atoms. The summed E-state index contributed by atoms with van der Waals surface area (Å²) < 4.78 is 0. The summed E-state index contributed by atoms with van der Waals surface area (Å²) in [4.78, 5) is 14.4. The summed E-state index contributed by atoms with van der Waals surface area (Å²) in [5, 5.41) is 9.05. The second kappa shape index (κ2) is 4.74. The highest BCUT2D eigenvalue weighted by molar-refractivity contribution is 5.83. The molecule has 0 aromatic carbocycles. The van der Waals surface area contributed by atoms with Crippen LogP contribution in [0.2, 0.25) is 0 Å². The van der Waals surface area contributed by atoms with Gasteiger partial charge >= 0.3 is 0 Å². The summed E-state index contributed by atoms with van der Waals surface area (Å²) in [5.41, 5.74) is -0.143. The third-order valence-electron chi connectivity index (χ3n) is 4.06. The highest BCUT2D eigenvalue weighted by Gasteiger charge is 2.42. The summed E-state index contributed by atoms with van der Waals surface area (Å²) >= 11 is 0. The Morgan fingerprint density at radius 2 is 1.94 bits per heavy atom. The van der Waals surface area contributed by atoms with E-state index in [2.05, 4.69) is 6.92 Å². The predicted molar refractivity (Wildman–Crippen MR) is 63.0 cm³/mol. The van der Waals surface area contributed by atoms with Crippen LogP contribution in [0, 0.1) is 5.41 Å². The molecule has 0 aromatic heterocycles. The van der Waals surface area contributed by atoms with Crippen molar-refractivity contribution in [1.29, 1.82) is 0 Å². The van der Waals surface area contributed by atoms with E-state index in [1.54, 1.807) is 0 Å². The van der Waals surface area contributed by atoms with Crippen LogP contribution >= 0.6 is 0 Å². The van der Waals surface area contributed by atoms with Gasteiger partial charge in [-0.15, -0.1) is 0 Å². The Kier molecular flexibility index (Phi) is 3.53. The van der Waals surface area contributed by atoms with Gasteiger partial charge in [-0.05, 0) is 25.7 Å². The van der Waals surface area contributed by atoms with Crippen LogP contribution in [-0.4, -0.2) is 35.1 Å². The quantitative estimate of drug-likeness (QED) is 0.794. The molecular weight excluding hydrogens is 202 g/mol. The topological polar surface area (TPSA) is 40.5 Å². The molecule has 2 saturated carbocycles. The molecule has 3 heteroatoms. The fourth-order valence-corrected chi connectivity index (χ4v) is 2.84. The molecule has 3 nitrogen and oxygen atoms in total. The van der Waals surface area contributed by atoms with Gasteiger partial charge in [0.25, 0.3) is 0 Å². The third-order valence-corrected chi connectivity index (χ3v) is 4.06. The molecule has 0 aromatic rings. The van der Waals surface area contributed by atoms with E-state index in [0.717, 1.165) is 25.7 Å². The predicted octanol–water partition coefficient (Wildman–Crippen LogP) is 1.94. The van der Waals surface area contributed by atoms with Crippen LogP contribution in [0.1, 0.15) is 51.9 Å². The van der Waals surface area contributed by atoms with E-state index in [4.69, 9.17) is 5.11 Å². The lowest BCUT2D eigenvalue weighted by Gasteiger charge is -2.37. The molecule has 0 aliphatic heterocycles. The van der Waals surface area contributed by atoms with E-state index in [-0.39, 0.29) is 12.0 Å². The second-order valence-electron chi connectivity index (χ2n) is 5.57. The van der Waals surface area contributed by atoms with Crippen LogP contribution in [0.5, 0.6) is 0 Å². The van der Waals surface area contributed by atoms with Crippen LogP contribution in [0.4, 0.5) is 0 Å². The molecule has 0 atom stereocenters. The molecule has 92 valence electrons. The number of amides is 1. The number of hydrogen-bond acceptors (Lipinski definition) is 2. The minimum atomic E-state index is -0.143. The van der Waals surface area contributed by atoms with E-state index in [0.29, 0.717) is 18.5 Å². The van der Waals surface area contributed by atoms with Crippen molar-refractivity contribution in [2.45, 2.75) is 57.9 Å². The van der Waals surface area contributed by atoms with Crippen molar-refractivity contribution in [3.63, 3.8) is 0 Å². The van der Waals surface area contributed by atoms with Crippen LogP contribution < -0.4 is 0 Å². The van der Waals surface area contributed by atoms with Gasteiger partial charge in [-0.25, -0.2) is 0 Å². The Labute approximate surface area is 97.8 Å². The molecule has 0 saturated heterocycles. The normalized spacial score (nSPS) is 24.1. The maximum atomic E-state index is 12.5. The summed E-state index contributed by atoms with van der Waals surface area (Å²) in [6.07, 6.45) is 7.94. The van der Waals surface area contributed by atoms with Gasteiger partial charge in [-0.1, -0.05) is 26.2 Å². The number of aliphatic hydroxyl groups is 1. The van der Waals surface area contributed by atoms with Crippen molar-refractivity contribution >= 4 is 5.91 Å². The van der Waals surface area contributed by atoms with Crippen LogP contribution in [0.3, 0.4) is 0 Å². The van der Waals surface area contributed by atoms with Gasteiger partial charge in [0.15, 0.2) is 0 Å². The van der Waals surface area contributed by atoms with E-state index in [9.17, 15) is 4.79 Å². The lowest BCUT2D eigenvalue weighted by Crippen LogP contribution is -2.45. The lowest BCUT2D eigenvalue weighted by molar-refractivity contribution is -0.144. The first-order valence-electron chi connectivity index (χ1n) is 6.59. The summed E-state index contributed by atoms with van der Waals surface area (Å²) in [5.74, 6) is 0.295. The van der Waals surface area contributed by atoms with Crippen molar-refractivity contribution < 1.29 is 9.90 Å². The molecule has 16 heavy (non-hydrogen) atoms. The summed E-state index contributed by atoms with van der Waals surface area (Å²) in [6, 6.07) is 0.429. The van der Waals surface area contributed by atoms with Gasteiger partial charge in [0.2, 0.25) is 5.91 Å². The van der Waals surface area contributed by atoms with Gasteiger partial charge < -0.3 is 10.0 Å². The Morgan fingerprint density at radius 3 is 2.44 bits per heavy atom. The average molecular weight is 225 g/mol. The van der Waals surface area contributed by atoms with E-state index in [1.165, 1.54) is 19.3 Å². The van der Waals surface area contributed by atoms with Crippen molar-refractivity contribution in [2.24, 2.45) is 5.41 Å². The molecule has 2 aliphatic rings.